The van der Waals surface area contributed by atoms with Gasteiger partial charge in [0.15, 0.2) is 0 Å². The topological polar surface area (TPSA) is 17.1 Å². The zero-order valence-electron chi connectivity index (χ0n) is 9.86. The second-order valence-electron chi connectivity index (χ2n) is 4.64. The van der Waals surface area contributed by atoms with Crippen molar-refractivity contribution in [2.24, 2.45) is 5.92 Å². The number of hydrogen-bond acceptors (Lipinski definition) is 1. The first kappa shape index (κ1) is 12.0. The van der Waals surface area contributed by atoms with E-state index in [1.165, 1.54) is 11.1 Å². The number of aldehydes is 1. The fourth-order valence-corrected chi connectivity index (χ4v) is 1.73. The Bertz CT molecular complexity index is 298. The fraction of sp³-hybridized carbons (Fsp3) is 0.500. The summed E-state index contributed by atoms with van der Waals surface area (Å²) in [6.45, 7) is 6.54. The minimum atomic E-state index is 0.343. The van der Waals surface area contributed by atoms with Crippen molar-refractivity contribution in [3.05, 3.63) is 35.4 Å². The van der Waals surface area contributed by atoms with Crippen LogP contribution < -0.4 is 0 Å². The van der Waals surface area contributed by atoms with Gasteiger partial charge < -0.3 is 4.79 Å². The summed E-state index contributed by atoms with van der Waals surface area (Å²) >= 11 is 0. The molecule has 1 aromatic carbocycles. The summed E-state index contributed by atoms with van der Waals surface area (Å²) in [7, 11) is 0. The maximum absolute atomic E-state index is 10.4. The summed E-state index contributed by atoms with van der Waals surface area (Å²) in [6.07, 6.45) is 2.73. The van der Waals surface area contributed by atoms with Crippen LogP contribution in [0.1, 0.15) is 44.2 Å². The largest absolute Gasteiger partial charge is 0.303 e. The van der Waals surface area contributed by atoms with Gasteiger partial charge in [0.05, 0.1) is 0 Å². The molecule has 0 saturated heterocycles. The molecule has 15 heavy (non-hydrogen) atoms. The predicted octanol–water partition coefficient (Wildman–Crippen LogP) is 3.58. The van der Waals surface area contributed by atoms with E-state index in [1.807, 2.05) is 0 Å². The third-order valence-electron chi connectivity index (χ3n) is 2.64. The third-order valence-corrected chi connectivity index (χ3v) is 2.64. The Balaban J connectivity index is 2.67. The zero-order chi connectivity index (χ0) is 11.3. The number of hydrogen-bond donors (Lipinski definition) is 0. The van der Waals surface area contributed by atoms with Gasteiger partial charge in [-0.15, -0.1) is 0 Å². The van der Waals surface area contributed by atoms with E-state index in [4.69, 9.17) is 0 Å². The zero-order valence-corrected chi connectivity index (χ0v) is 9.86. The number of carbonyl (C=O) groups excluding carboxylic acids is 1. The van der Waals surface area contributed by atoms with Gasteiger partial charge in [-0.25, -0.2) is 0 Å². The van der Waals surface area contributed by atoms with Gasteiger partial charge in [0, 0.05) is 6.42 Å². The molecule has 0 heterocycles. The highest BCUT2D eigenvalue weighted by atomic mass is 16.1. The lowest BCUT2D eigenvalue weighted by atomic mass is 9.95. The molecule has 0 radical (unpaired) electrons. The van der Waals surface area contributed by atoms with Crippen molar-refractivity contribution >= 4 is 6.29 Å². The minimum Gasteiger partial charge on any atom is -0.303 e. The minimum absolute atomic E-state index is 0.343. The van der Waals surface area contributed by atoms with Crippen LogP contribution in [-0.4, -0.2) is 6.29 Å². The van der Waals surface area contributed by atoms with E-state index in [-0.39, 0.29) is 0 Å². The molecule has 0 aliphatic carbocycles. The number of benzene rings is 1. The van der Waals surface area contributed by atoms with Gasteiger partial charge in [-0.3, -0.25) is 0 Å². The molecule has 0 N–H and O–H groups in total. The summed E-state index contributed by atoms with van der Waals surface area (Å²) < 4.78 is 0. The van der Waals surface area contributed by atoms with Crippen LogP contribution in [0, 0.1) is 5.92 Å². The molecule has 0 fully saturated rings. The molecule has 0 aliphatic heterocycles. The van der Waals surface area contributed by atoms with Gasteiger partial charge >= 0.3 is 0 Å². The molecule has 0 spiro atoms. The lowest BCUT2D eigenvalue weighted by Gasteiger charge is -2.10. The monoisotopic (exact) mass is 204 g/mol. The maximum Gasteiger partial charge on any atom is 0.120 e. The first-order valence-corrected chi connectivity index (χ1v) is 5.66. The van der Waals surface area contributed by atoms with E-state index in [1.54, 1.807) is 0 Å². The molecular weight excluding hydrogens is 184 g/mol. The van der Waals surface area contributed by atoms with Gasteiger partial charge in [-0.05, 0) is 29.4 Å². The molecule has 1 nitrogen and oxygen atoms in total. The first-order valence-electron chi connectivity index (χ1n) is 5.66. The second-order valence-corrected chi connectivity index (χ2v) is 4.64. The summed E-state index contributed by atoms with van der Waals surface area (Å²) in [4.78, 5) is 10.4. The number of carbonyl (C=O) groups is 1. The normalized spacial score (nSPS) is 12.8. The Kier molecular flexibility index (Phi) is 4.54. The molecule has 0 saturated carbocycles. The smallest absolute Gasteiger partial charge is 0.120 e. The van der Waals surface area contributed by atoms with E-state index in [9.17, 15) is 4.79 Å². The molecule has 0 aliphatic rings. The molecule has 1 atom stereocenters. The van der Waals surface area contributed by atoms with Crippen LogP contribution in [0.4, 0.5) is 0 Å². The van der Waals surface area contributed by atoms with Gasteiger partial charge in [-0.2, -0.15) is 0 Å². The molecule has 1 heteroatoms. The molecular formula is C14H20O. The Morgan fingerprint density at radius 1 is 1.13 bits per heavy atom. The summed E-state index contributed by atoms with van der Waals surface area (Å²) in [6, 6.07) is 8.64. The highest BCUT2D eigenvalue weighted by Gasteiger charge is 2.04. The summed E-state index contributed by atoms with van der Waals surface area (Å²) in [5.41, 5.74) is 2.64. The van der Waals surface area contributed by atoms with Gasteiger partial charge in [-0.1, -0.05) is 45.0 Å². The van der Waals surface area contributed by atoms with Gasteiger partial charge in [0.1, 0.15) is 6.29 Å². The van der Waals surface area contributed by atoms with Crippen molar-refractivity contribution in [1.29, 1.82) is 0 Å². The molecule has 0 aromatic heterocycles. The van der Waals surface area contributed by atoms with Crippen LogP contribution in [0.5, 0.6) is 0 Å². The lowest BCUT2D eigenvalue weighted by molar-refractivity contribution is -0.108. The molecule has 1 unspecified atom stereocenters. The van der Waals surface area contributed by atoms with E-state index >= 15 is 0 Å². The molecule has 1 aromatic rings. The van der Waals surface area contributed by atoms with E-state index in [2.05, 4.69) is 45.0 Å². The van der Waals surface area contributed by atoms with Crippen LogP contribution >= 0.6 is 0 Å². The highest BCUT2D eigenvalue weighted by molar-refractivity contribution is 5.51. The van der Waals surface area contributed by atoms with E-state index in [0.29, 0.717) is 18.3 Å². The highest BCUT2D eigenvalue weighted by Crippen LogP contribution is 2.19. The third kappa shape index (κ3) is 3.86. The van der Waals surface area contributed by atoms with E-state index < -0.39 is 0 Å². The van der Waals surface area contributed by atoms with Crippen LogP contribution in [0.2, 0.25) is 0 Å². The standard InChI is InChI=1S/C14H20O/c1-11(2)10-13-4-6-14(7-5-13)12(3)8-9-15/h4-7,9,11-12H,8,10H2,1-3H3. The molecule has 0 amide bonds. The van der Waals surface area contributed by atoms with E-state index in [0.717, 1.165) is 12.7 Å². The van der Waals surface area contributed by atoms with Crippen molar-refractivity contribution < 1.29 is 4.79 Å². The predicted molar refractivity (Wildman–Crippen MR) is 64.1 cm³/mol. The Labute approximate surface area is 92.5 Å². The molecule has 82 valence electrons. The van der Waals surface area contributed by atoms with Crippen molar-refractivity contribution in [2.75, 3.05) is 0 Å². The van der Waals surface area contributed by atoms with Crippen molar-refractivity contribution in [3.63, 3.8) is 0 Å². The van der Waals surface area contributed by atoms with Crippen LogP contribution in [0.25, 0.3) is 0 Å². The average molecular weight is 204 g/mol. The van der Waals surface area contributed by atoms with Gasteiger partial charge in [0.25, 0.3) is 0 Å². The van der Waals surface area contributed by atoms with Gasteiger partial charge in [0.2, 0.25) is 0 Å². The fourth-order valence-electron chi connectivity index (χ4n) is 1.73. The van der Waals surface area contributed by atoms with Crippen LogP contribution in [-0.2, 0) is 11.2 Å². The van der Waals surface area contributed by atoms with Crippen molar-refractivity contribution in [2.45, 2.75) is 39.5 Å². The second kappa shape index (κ2) is 5.69. The summed E-state index contributed by atoms with van der Waals surface area (Å²) in [5, 5.41) is 0. The lowest BCUT2D eigenvalue weighted by Crippen LogP contribution is -1.97. The Hall–Kier alpha value is -1.11. The average Bonchev–Trinajstić information content (AvgIpc) is 2.18. The quantitative estimate of drug-likeness (QED) is 0.670. The number of rotatable bonds is 5. The van der Waals surface area contributed by atoms with Crippen molar-refractivity contribution in [3.8, 4) is 0 Å². The SMILES string of the molecule is CC(C)Cc1ccc(C(C)CC=O)cc1. The van der Waals surface area contributed by atoms with Crippen molar-refractivity contribution in [1.82, 2.24) is 0 Å². The summed E-state index contributed by atoms with van der Waals surface area (Å²) in [5.74, 6) is 1.04. The molecule has 0 bridgehead atoms. The first-order chi connectivity index (χ1) is 7.13. The Morgan fingerprint density at radius 3 is 2.20 bits per heavy atom. The Morgan fingerprint density at radius 2 is 1.73 bits per heavy atom. The molecule has 1 rings (SSSR count). The van der Waals surface area contributed by atoms with Crippen LogP contribution in [0.3, 0.4) is 0 Å². The van der Waals surface area contributed by atoms with Crippen LogP contribution in [0.15, 0.2) is 24.3 Å². The maximum atomic E-state index is 10.4.